The Morgan fingerprint density at radius 2 is 1.77 bits per heavy atom. The van der Waals surface area contributed by atoms with Crippen LogP contribution in [-0.2, 0) is 22.4 Å². The average molecular weight is 301 g/mol. The smallest absolute Gasteiger partial charge is 0.308 e. The maximum absolute atomic E-state index is 12.5. The van der Waals surface area contributed by atoms with Crippen molar-refractivity contribution in [1.29, 1.82) is 0 Å². The van der Waals surface area contributed by atoms with Gasteiger partial charge in [0.25, 0.3) is 0 Å². The molecule has 2 fully saturated rings. The fourth-order valence-corrected chi connectivity index (χ4v) is 3.48. The first-order valence-corrected chi connectivity index (χ1v) is 8.17. The second kappa shape index (κ2) is 6.11. The van der Waals surface area contributed by atoms with Crippen LogP contribution in [0.25, 0.3) is 0 Å². The van der Waals surface area contributed by atoms with Gasteiger partial charge in [-0.1, -0.05) is 31.2 Å². The number of amides is 1. The first kappa shape index (κ1) is 15.1. The molecule has 4 heteroatoms. The summed E-state index contributed by atoms with van der Waals surface area (Å²) in [5.74, 6) is -0.399. The third-order valence-corrected chi connectivity index (χ3v) is 5.05. The summed E-state index contributed by atoms with van der Waals surface area (Å²) in [6.07, 6.45) is 3.60. The monoisotopic (exact) mass is 301 g/mol. The van der Waals surface area contributed by atoms with E-state index in [1.165, 1.54) is 5.56 Å². The average Bonchev–Trinajstić information content (AvgIpc) is 3.26. The maximum Gasteiger partial charge on any atom is 0.308 e. The highest BCUT2D eigenvalue weighted by Crippen LogP contribution is 2.44. The van der Waals surface area contributed by atoms with Gasteiger partial charge in [-0.2, -0.15) is 0 Å². The lowest BCUT2D eigenvalue weighted by Gasteiger charge is -2.16. The Balaban J connectivity index is 1.63. The first-order valence-electron chi connectivity index (χ1n) is 8.17. The lowest BCUT2D eigenvalue weighted by Crippen LogP contribution is -2.31. The van der Waals surface area contributed by atoms with Crippen molar-refractivity contribution in [2.24, 2.45) is 17.8 Å². The summed E-state index contributed by atoms with van der Waals surface area (Å²) >= 11 is 0. The number of likely N-dealkylation sites (tertiary alicyclic amines) is 1. The summed E-state index contributed by atoms with van der Waals surface area (Å²) in [6, 6.07) is 8.11. The lowest BCUT2D eigenvalue weighted by atomic mass is 9.92. The predicted molar refractivity (Wildman–Crippen MR) is 83.4 cm³/mol. The Morgan fingerprint density at radius 1 is 1.14 bits per heavy atom. The molecule has 0 spiro atoms. The van der Waals surface area contributed by atoms with Gasteiger partial charge >= 0.3 is 5.97 Å². The van der Waals surface area contributed by atoms with E-state index in [2.05, 4.69) is 19.1 Å². The zero-order valence-electron chi connectivity index (χ0n) is 13.0. The number of carboxylic acid groups (broad SMARTS) is 1. The quantitative estimate of drug-likeness (QED) is 0.908. The summed E-state index contributed by atoms with van der Waals surface area (Å²) < 4.78 is 0. The molecular formula is C18H23NO3. The number of benzene rings is 1. The van der Waals surface area contributed by atoms with Crippen molar-refractivity contribution >= 4 is 11.9 Å². The molecule has 3 rings (SSSR count). The molecule has 0 aromatic heterocycles. The van der Waals surface area contributed by atoms with Crippen molar-refractivity contribution < 1.29 is 14.7 Å². The van der Waals surface area contributed by atoms with E-state index in [0.29, 0.717) is 25.4 Å². The minimum Gasteiger partial charge on any atom is -0.481 e. The van der Waals surface area contributed by atoms with Crippen molar-refractivity contribution in [1.82, 2.24) is 4.90 Å². The zero-order chi connectivity index (χ0) is 15.7. The van der Waals surface area contributed by atoms with Crippen molar-refractivity contribution in [2.45, 2.75) is 32.6 Å². The van der Waals surface area contributed by atoms with Crippen LogP contribution in [0.2, 0.25) is 0 Å². The van der Waals surface area contributed by atoms with Crippen molar-refractivity contribution in [2.75, 3.05) is 13.1 Å². The van der Waals surface area contributed by atoms with Gasteiger partial charge in [0.1, 0.15) is 0 Å². The van der Waals surface area contributed by atoms with Gasteiger partial charge in [0.15, 0.2) is 0 Å². The molecule has 1 aliphatic carbocycles. The van der Waals surface area contributed by atoms with Crippen molar-refractivity contribution in [3.63, 3.8) is 0 Å². The van der Waals surface area contributed by atoms with E-state index < -0.39 is 5.97 Å². The number of rotatable bonds is 5. The minimum atomic E-state index is -0.750. The van der Waals surface area contributed by atoms with Crippen molar-refractivity contribution in [3.05, 3.63) is 35.4 Å². The highest BCUT2D eigenvalue weighted by molar-refractivity contribution is 5.81. The Labute approximate surface area is 131 Å². The molecule has 1 saturated carbocycles. The molecule has 2 atom stereocenters. The molecule has 1 aliphatic heterocycles. The second-order valence-electron chi connectivity index (χ2n) is 6.59. The van der Waals surface area contributed by atoms with Gasteiger partial charge in [-0.25, -0.2) is 0 Å². The third-order valence-electron chi connectivity index (χ3n) is 5.05. The third kappa shape index (κ3) is 3.16. The van der Waals surface area contributed by atoms with E-state index in [9.17, 15) is 14.7 Å². The molecule has 2 aliphatic rings. The number of hydrogen-bond donors (Lipinski definition) is 1. The minimum absolute atomic E-state index is 0.0543. The standard InChI is InChI=1S/C18H23NO3/c1-2-12-3-5-13(6-4-12)9-17(20)19-10-15(14-7-8-14)16(11-19)18(21)22/h3-6,14-16H,2,7-11H2,1H3,(H,21,22)/t15-,16+/m1/s1. The van der Waals surface area contributed by atoms with Gasteiger partial charge < -0.3 is 10.0 Å². The van der Waals surface area contributed by atoms with Crippen LogP contribution in [-0.4, -0.2) is 35.0 Å². The molecule has 4 nitrogen and oxygen atoms in total. The van der Waals surface area contributed by atoms with Gasteiger partial charge in [-0.05, 0) is 42.2 Å². The van der Waals surface area contributed by atoms with Crippen molar-refractivity contribution in [3.8, 4) is 0 Å². The zero-order valence-corrected chi connectivity index (χ0v) is 13.0. The number of nitrogens with zero attached hydrogens (tertiary/aromatic N) is 1. The highest BCUT2D eigenvalue weighted by atomic mass is 16.4. The topological polar surface area (TPSA) is 57.6 Å². The fourth-order valence-electron chi connectivity index (χ4n) is 3.48. The Hall–Kier alpha value is -1.84. The number of carboxylic acids is 1. The summed E-state index contributed by atoms with van der Waals surface area (Å²) in [4.78, 5) is 25.6. The SMILES string of the molecule is CCc1ccc(CC(=O)N2C[C@H](C(=O)O)[C@@H](C3CC3)C2)cc1. The van der Waals surface area contributed by atoms with Gasteiger partial charge in [0.2, 0.25) is 5.91 Å². The van der Waals surface area contributed by atoms with Crippen LogP contribution in [0.15, 0.2) is 24.3 Å². The molecule has 118 valence electrons. The van der Waals surface area contributed by atoms with E-state index in [-0.39, 0.29) is 17.7 Å². The van der Waals surface area contributed by atoms with E-state index in [4.69, 9.17) is 0 Å². The summed E-state index contributed by atoms with van der Waals surface area (Å²) in [5, 5.41) is 9.37. The van der Waals surface area contributed by atoms with E-state index in [1.807, 2.05) is 12.1 Å². The van der Waals surface area contributed by atoms with Gasteiger partial charge in [-0.15, -0.1) is 0 Å². The van der Waals surface area contributed by atoms with E-state index in [1.54, 1.807) is 4.90 Å². The molecule has 1 aromatic carbocycles. The summed E-state index contributed by atoms with van der Waals surface area (Å²) in [5.41, 5.74) is 2.26. The lowest BCUT2D eigenvalue weighted by molar-refractivity contribution is -0.142. The largest absolute Gasteiger partial charge is 0.481 e. The second-order valence-corrected chi connectivity index (χ2v) is 6.59. The van der Waals surface area contributed by atoms with Crippen LogP contribution >= 0.6 is 0 Å². The number of carbonyl (C=O) groups is 2. The molecule has 1 N–H and O–H groups in total. The molecule has 0 radical (unpaired) electrons. The van der Waals surface area contributed by atoms with Crippen LogP contribution in [0.4, 0.5) is 0 Å². The van der Waals surface area contributed by atoms with Crippen LogP contribution in [0.5, 0.6) is 0 Å². The highest BCUT2D eigenvalue weighted by Gasteiger charge is 2.46. The number of aliphatic carboxylic acids is 1. The molecular weight excluding hydrogens is 278 g/mol. The predicted octanol–water partition coefficient (Wildman–Crippen LogP) is 2.36. The Kier molecular flexibility index (Phi) is 4.19. The molecule has 1 heterocycles. The molecule has 1 aromatic rings. The summed E-state index contributed by atoms with van der Waals surface area (Å²) in [7, 11) is 0. The first-order chi connectivity index (χ1) is 10.6. The fraction of sp³-hybridized carbons (Fsp3) is 0.556. The Morgan fingerprint density at radius 3 is 2.32 bits per heavy atom. The van der Waals surface area contributed by atoms with Gasteiger partial charge in [-0.3, -0.25) is 9.59 Å². The van der Waals surface area contributed by atoms with Crippen LogP contribution in [0.1, 0.15) is 30.9 Å². The van der Waals surface area contributed by atoms with E-state index in [0.717, 1.165) is 24.8 Å². The maximum atomic E-state index is 12.5. The molecule has 0 unspecified atom stereocenters. The van der Waals surface area contributed by atoms with E-state index >= 15 is 0 Å². The molecule has 22 heavy (non-hydrogen) atoms. The number of carbonyl (C=O) groups excluding carboxylic acids is 1. The van der Waals surface area contributed by atoms with Crippen LogP contribution in [0, 0.1) is 17.8 Å². The summed E-state index contributed by atoms with van der Waals surface area (Å²) in [6.45, 7) is 3.10. The van der Waals surface area contributed by atoms with Gasteiger partial charge in [0, 0.05) is 13.1 Å². The number of hydrogen-bond acceptors (Lipinski definition) is 2. The molecule has 1 amide bonds. The van der Waals surface area contributed by atoms with Crippen LogP contribution < -0.4 is 0 Å². The normalized spacial score (nSPS) is 24.5. The van der Waals surface area contributed by atoms with Crippen LogP contribution in [0.3, 0.4) is 0 Å². The van der Waals surface area contributed by atoms with Gasteiger partial charge in [0.05, 0.1) is 12.3 Å². The number of aryl methyl sites for hydroxylation is 1. The molecule has 0 bridgehead atoms. The molecule has 1 saturated heterocycles. The Bertz CT molecular complexity index is 562.